The summed E-state index contributed by atoms with van der Waals surface area (Å²) >= 11 is 1.98. The topological polar surface area (TPSA) is 20.3 Å². The summed E-state index contributed by atoms with van der Waals surface area (Å²) in [4.78, 5) is 14.5. The van der Waals surface area contributed by atoms with Gasteiger partial charge in [0.05, 0.1) is 0 Å². The van der Waals surface area contributed by atoms with Gasteiger partial charge in [0.2, 0.25) is 0 Å². The lowest BCUT2D eigenvalue weighted by molar-refractivity contribution is 0.0474. The smallest absolute Gasteiger partial charge is 0.254 e. The van der Waals surface area contributed by atoms with Crippen molar-refractivity contribution in [2.45, 2.75) is 33.1 Å². The van der Waals surface area contributed by atoms with Crippen LogP contribution < -0.4 is 0 Å². The first-order valence-corrected chi connectivity index (χ1v) is 10.5. The Bertz CT molecular complexity index is 878. The van der Waals surface area contributed by atoms with Crippen molar-refractivity contribution in [1.29, 1.82) is 0 Å². The third-order valence-corrected chi connectivity index (χ3v) is 5.88. The second-order valence-electron chi connectivity index (χ2n) is 7.85. The van der Waals surface area contributed by atoms with Crippen molar-refractivity contribution in [2.75, 3.05) is 13.1 Å². The summed E-state index contributed by atoms with van der Waals surface area (Å²) in [6.07, 6.45) is 1.99. The van der Waals surface area contributed by atoms with Crippen LogP contribution in [0.25, 0.3) is 0 Å². The molecule has 1 saturated heterocycles. The molecule has 28 heavy (non-hydrogen) atoms. The van der Waals surface area contributed by atoms with Crippen molar-refractivity contribution >= 4 is 28.5 Å². The predicted molar refractivity (Wildman–Crippen MR) is 112 cm³/mol. The van der Waals surface area contributed by atoms with Crippen molar-refractivity contribution < 1.29 is 18.0 Å². The molecule has 2 aromatic rings. The number of nitrogens with zero attached hydrogens (tertiary/aromatic N) is 1. The highest BCUT2D eigenvalue weighted by Crippen LogP contribution is 2.28. The zero-order valence-electron chi connectivity index (χ0n) is 15.9. The van der Waals surface area contributed by atoms with Crippen LogP contribution in [0.2, 0.25) is 0 Å². The van der Waals surface area contributed by atoms with Crippen LogP contribution in [-0.4, -0.2) is 23.9 Å². The lowest BCUT2D eigenvalue weighted by Crippen LogP contribution is -2.50. The zero-order valence-corrected chi connectivity index (χ0v) is 18.1. The summed E-state index contributed by atoms with van der Waals surface area (Å²) in [5, 5.41) is 0. The highest BCUT2D eigenvalue weighted by atomic mass is 127. The molecule has 2 nitrogen and oxygen atoms in total. The molecule has 3 rings (SSSR count). The molecule has 150 valence electrons. The molecular weight excluding hydrogens is 478 g/mol. The molecule has 0 unspecified atom stereocenters. The summed E-state index contributed by atoms with van der Waals surface area (Å²) in [6, 6.07) is 6.85. The Labute approximate surface area is 177 Å². The van der Waals surface area contributed by atoms with Gasteiger partial charge in [-0.2, -0.15) is 0 Å². The highest BCUT2D eigenvalue weighted by molar-refractivity contribution is 14.1. The highest BCUT2D eigenvalue weighted by Gasteiger charge is 2.33. The average Bonchev–Trinajstić information content (AvgIpc) is 2.59. The average molecular weight is 501 g/mol. The van der Waals surface area contributed by atoms with E-state index in [2.05, 4.69) is 13.8 Å². The maximum Gasteiger partial charge on any atom is 0.254 e. The van der Waals surface area contributed by atoms with Gasteiger partial charge in [0.25, 0.3) is 5.91 Å². The van der Waals surface area contributed by atoms with Crippen LogP contribution in [0.15, 0.2) is 30.3 Å². The largest absolute Gasteiger partial charge is 0.338 e. The minimum absolute atomic E-state index is 0.0873. The van der Waals surface area contributed by atoms with Gasteiger partial charge < -0.3 is 4.90 Å². The first-order valence-electron chi connectivity index (χ1n) is 9.46. The quantitative estimate of drug-likeness (QED) is 0.458. The maximum absolute atomic E-state index is 14.5. The van der Waals surface area contributed by atoms with E-state index in [1.165, 1.54) is 12.1 Å². The molecule has 1 amide bonds. The van der Waals surface area contributed by atoms with Gasteiger partial charge in [0, 0.05) is 34.2 Å². The number of amides is 1. The number of benzene rings is 2. The first-order chi connectivity index (χ1) is 13.3. The molecule has 1 heterocycles. The number of hydrogen-bond donors (Lipinski definition) is 0. The lowest BCUT2D eigenvalue weighted by atomic mass is 9.90. The summed E-state index contributed by atoms with van der Waals surface area (Å²) in [6.45, 7) is 5.58. The van der Waals surface area contributed by atoms with Crippen molar-refractivity contribution in [3.8, 4) is 0 Å². The third kappa shape index (κ3) is 4.70. The number of likely N-dealkylation sites (tertiary alicyclic amines) is 1. The zero-order chi connectivity index (χ0) is 20.4. The fraction of sp³-hybridized carbons (Fsp3) is 0.409. The molecule has 0 N–H and O–H groups in total. The van der Waals surface area contributed by atoms with Crippen LogP contribution >= 0.6 is 22.6 Å². The van der Waals surface area contributed by atoms with E-state index in [4.69, 9.17) is 0 Å². The van der Waals surface area contributed by atoms with Crippen molar-refractivity contribution in [2.24, 2.45) is 11.8 Å². The van der Waals surface area contributed by atoms with Gasteiger partial charge in [0.15, 0.2) is 11.6 Å². The minimum atomic E-state index is -1.08. The Morgan fingerprint density at radius 3 is 2.50 bits per heavy atom. The Morgan fingerprint density at radius 2 is 1.86 bits per heavy atom. The van der Waals surface area contributed by atoms with E-state index in [1.807, 2.05) is 22.6 Å². The Kier molecular flexibility index (Phi) is 6.68. The second kappa shape index (κ2) is 8.84. The molecule has 0 spiro atoms. The van der Waals surface area contributed by atoms with E-state index in [0.717, 1.165) is 18.9 Å². The van der Waals surface area contributed by atoms with E-state index in [1.54, 1.807) is 17.0 Å². The van der Waals surface area contributed by atoms with Gasteiger partial charge in [-0.3, -0.25) is 4.79 Å². The molecular formula is C22H23F3INO. The van der Waals surface area contributed by atoms with E-state index >= 15 is 0 Å². The SMILES string of the molecule is CC(C)CCC1CN(C(=O)c2ccc(F)c(F)c2Cc2ccc(I)cc2F)C1. The van der Waals surface area contributed by atoms with Crippen LogP contribution in [0.1, 0.15) is 48.2 Å². The Hall–Kier alpha value is -1.57. The third-order valence-electron chi connectivity index (χ3n) is 5.21. The van der Waals surface area contributed by atoms with Gasteiger partial charge in [-0.1, -0.05) is 26.3 Å². The fourth-order valence-corrected chi connectivity index (χ4v) is 3.93. The van der Waals surface area contributed by atoms with Gasteiger partial charge in [-0.05, 0) is 70.7 Å². The van der Waals surface area contributed by atoms with E-state index in [0.29, 0.717) is 28.5 Å². The summed E-state index contributed by atoms with van der Waals surface area (Å²) in [7, 11) is 0. The van der Waals surface area contributed by atoms with Gasteiger partial charge >= 0.3 is 0 Å². The molecule has 1 aliphatic heterocycles. The maximum atomic E-state index is 14.5. The van der Waals surface area contributed by atoms with Gasteiger partial charge in [0.1, 0.15) is 5.82 Å². The van der Waals surface area contributed by atoms with Gasteiger partial charge in [-0.25, -0.2) is 13.2 Å². The van der Waals surface area contributed by atoms with Crippen LogP contribution in [0.3, 0.4) is 0 Å². The fourth-order valence-electron chi connectivity index (χ4n) is 3.48. The normalized spacial score (nSPS) is 14.5. The molecule has 0 aliphatic carbocycles. The van der Waals surface area contributed by atoms with E-state index in [9.17, 15) is 18.0 Å². The lowest BCUT2D eigenvalue weighted by Gasteiger charge is -2.40. The summed E-state index contributed by atoms with van der Waals surface area (Å²) in [5.74, 6) is -1.86. The minimum Gasteiger partial charge on any atom is -0.338 e. The van der Waals surface area contributed by atoms with Gasteiger partial charge in [-0.15, -0.1) is 0 Å². The number of hydrogen-bond acceptors (Lipinski definition) is 1. The van der Waals surface area contributed by atoms with Crippen LogP contribution in [-0.2, 0) is 6.42 Å². The molecule has 0 aromatic heterocycles. The number of carbonyl (C=O) groups is 1. The predicted octanol–water partition coefficient (Wildman–Crippen LogP) is 5.81. The van der Waals surface area contributed by atoms with Crippen molar-refractivity contribution in [1.82, 2.24) is 4.90 Å². The molecule has 2 aromatic carbocycles. The van der Waals surface area contributed by atoms with Crippen molar-refractivity contribution in [3.05, 3.63) is 68.0 Å². The number of rotatable bonds is 6. The van der Waals surface area contributed by atoms with E-state index in [-0.39, 0.29) is 29.0 Å². The summed E-state index contributed by atoms with van der Waals surface area (Å²) in [5.41, 5.74) is 0.257. The monoisotopic (exact) mass is 501 g/mol. The van der Waals surface area contributed by atoms with Crippen molar-refractivity contribution in [3.63, 3.8) is 0 Å². The second-order valence-corrected chi connectivity index (χ2v) is 9.09. The van der Waals surface area contributed by atoms with Crippen LogP contribution in [0.4, 0.5) is 13.2 Å². The van der Waals surface area contributed by atoms with Crippen LogP contribution in [0, 0.1) is 32.9 Å². The Balaban J connectivity index is 1.80. The summed E-state index contributed by atoms with van der Waals surface area (Å²) < 4.78 is 43.3. The molecule has 0 atom stereocenters. The first kappa shape index (κ1) is 21.1. The molecule has 0 saturated carbocycles. The number of carbonyl (C=O) groups excluding carboxylic acids is 1. The van der Waals surface area contributed by atoms with Crippen LogP contribution in [0.5, 0.6) is 0 Å². The standard InChI is InChI=1S/C22H23F3INO/c1-13(2)3-4-14-11-27(12-14)22(28)17-7-8-19(23)21(25)18(17)9-15-5-6-16(26)10-20(15)24/h5-8,10,13-14H,3-4,9,11-12H2,1-2H3. The molecule has 1 aliphatic rings. The Morgan fingerprint density at radius 1 is 1.14 bits per heavy atom. The molecule has 6 heteroatoms. The molecule has 0 bridgehead atoms. The molecule has 0 radical (unpaired) electrons. The molecule has 1 fully saturated rings. The number of halogens is 4. The van der Waals surface area contributed by atoms with E-state index < -0.39 is 17.5 Å².